The molecule has 5 atom stereocenters. The third kappa shape index (κ3) is 6.80. The molecule has 1 aromatic rings. The van der Waals surface area contributed by atoms with E-state index < -0.39 is 53.7 Å². The van der Waals surface area contributed by atoms with Crippen molar-refractivity contribution in [3.63, 3.8) is 0 Å². The number of fused-ring (bicyclic) bond motifs is 2. The largest absolute Gasteiger partial charge is 0.481 e. The van der Waals surface area contributed by atoms with Gasteiger partial charge in [0.25, 0.3) is 5.91 Å². The Labute approximate surface area is 238 Å². The van der Waals surface area contributed by atoms with Crippen LogP contribution in [-0.2, 0) is 24.0 Å². The van der Waals surface area contributed by atoms with E-state index in [0.717, 1.165) is 0 Å². The molecule has 3 rings (SSSR count). The van der Waals surface area contributed by atoms with Crippen molar-refractivity contribution in [1.82, 2.24) is 15.5 Å². The molecule has 11 nitrogen and oxygen atoms in total. The molecule has 1 aliphatic heterocycles. The van der Waals surface area contributed by atoms with Crippen molar-refractivity contribution in [2.24, 2.45) is 17.3 Å². The van der Waals surface area contributed by atoms with E-state index in [1.807, 2.05) is 0 Å². The lowest BCUT2D eigenvalue weighted by atomic mass is 9.84. The Bertz CT molecular complexity index is 1200. The summed E-state index contributed by atoms with van der Waals surface area (Å²) in [5.41, 5.74) is -0.420. The Hall–Kier alpha value is -3.47. The molecule has 2 bridgehead atoms. The highest BCUT2D eigenvalue weighted by molar-refractivity contribution is 6.37. The number of carboxylic acids is 1. The van der Waals surface area contributed by atoms with E-state index in [9.17, 15) is 28.8 Å². The second kappa shape index (κ2) is 12.4. The first-order chi connectivity index (χ1) is 18.6. The van der Waals surface area contributed by atoms with Gasteiger partial charge in [-0.2, -0.15) is 0 Å². The van der Waals surface area contributed by atoms with Crippen LogP contribution in [0.15, 0.2) is 18.2 Å². The van der Waals surface area contributed by atoms with Gasteiger partial charge in [0.05, 0.1) is 28.7 Å². The number of rotatable bonds is 10. The fourth-order valence-electron chi connectivity index (χ4n) is 5.32. The first kappa shape index (κ1) is 31.1. The van der Waals surface area contributed by atoms with Gasteiger partial charge in [-0.05, 0) is 42.7 Å². The first-order valence-corrected chi connectivity index (χ1v) is 13.7. The molecule has 0 aromatic heterocycles. The highest BCUT2D eigenvalue weighted by Gasteiger charge is 2.53. The maximum absolute atomic E-state index is 14.0. The molecule has 3 unspecified atom stereocenters. The van der Waals surface area contributed by atoms with E-state index in [0.29, 0.717) is 25.5 Å². The van der Waals surface area contributed by atoms with Crippen molar-refractivity contribution in [3.05, 3.63) is 28.8 Å². The predicted molar refractivity (Wildman–Crippen MR) is 148 cm³/mol. The maximum atomic E-state index is 14.0. The number of carboxylic acid groups (broad SMARTS) is 1. The summed E-state index contributed by atoms with van der Waals surface area (Å²) in [5.74, 6) is -3.60. The maximum Gasteiger partial charge on any atom is 0.305 e. The first-order valence-electron chi connectivity index (χ1n) is 13.4. The van der Waals surface area contributed by atoms with Crippen molar-refractivity contribution in [3.8, 4) is 0 Å². The standard InChI is InChI=1S/C28H37ClN4O7/c1-14(2)24(37)31-19-8-6-7-18(21(19)29)25(38)32-23(28(3,4)5)27(40)33-17-10-9-15(11-17)22(33)26(39)30-16(13-34)12-20(35)36/h6-8,13-17,22-23H,9-12H2,1-5H3,(H,30,39)(H,31,37)(H,32,38)(H,35,36)/t15-,16?,17?,22-,23?/m0/s1. The number of aldehydes is 1. The Morgan fingerprint density at radius 2 is 1.80 bits per heavy atom. The molecule has 0 radical (unpaired) electrons. The molecule has 1 heterocycles. The number of halogens is 1. The summed E-state index contributed by atoms with van der Waals surface area (Å²) in [6.45, 7) is 8.81. The molecule has 1 aliphatic carbocycles. The van der Waals surface area contributed by atoms with Crippen LogP contribution in [0.25, 0.3) is 0 Å². The molecule has 2 aliphatic rings. The highest BCUT2D eigenvalue weighted by Crippen LogP contribution is 2.43. The Kier molecular flexibility index (Phi) is 9.60. The summed E-state index contributed by atoms with van der Waals surface area (Å²) in [6.07, 6.45) is 1.81. The molecular weight excluding hydrogens is 540 g/mol. The van der Waals surface area contributed by atoms with Gasteiger partial charge in [0.15, 0.2) is 0 Å². The van der Waals surface area contributed by atoms with Crippen LogP contribution in [0, 0.1) is 17.3 Å². The number of aliphatic carboxylic acids is 1. The van der Waals surface area contributed by atoms with Crippen LogP contribution in [0.2, 0.25) is 5.02 Å². The average Bonchev–Trinajstić information content (AvgIpc) is 3.48. The molecule has 218 valence electrons. The van der Waals surface area contributed by atoms with Crippen molar-refractivity contribution >= 4 is 53.2 Å². The fraction of sp³-hybridized carbons (Fsp3) is 0.571. The molecule has 4 amide bonds. The second-order valence-corrected chi connectivity index (χ2v) is 12.2. The van der Waals surface area contributed by atoms with E-state index >= 15 is 0 Å². The van der Waals surface area contributed by atoms with Gasteiger partial charge >= 0.3 is 5.97 Å². The smallest absolute Gasteiger partial charge is 0.305 e. The van der Waals surface area contributed by atoms with Crippen molar-refractivity contribution in [2.45, 2.75) is 84.5 Å². The lowest BCUT2D eigenvalue weighted by Crippen LogP contribution is -2.61. The Balaban J connectivity index is 1.86. The van der Waals surface area contributed by atoms with Gasteiger partial charge in [0.2, 0.25) is 17.7 Å². The summed E-state index contributed by atoms with van der Waals surface area (Å²) in [5, 5.41) is 17.0. The molecule has 40 heavy (non-hydrogen) atoms. The minimum atomic E-state index is -1.24. The van der Waals surface area contributed by atoms with Crippen LogP contribution in [0.5, 0.6) is 0 Å². The summed E-state index contributed by atoms with van der Waals surface area (Å²) in [7, 11) is 0. The van der Waals surface area contributed by atoms with Crippen molar-refractivity contribution < 1.29 is 33.9 Å². The monoisotopic (exact) mass is 576 g/mol. The molecule has 4 N–H and O–H groups in total. The molecule has 12 heteroatoms. The van der Waals surface area contributed by atoms with Crippen LogP contribution in [0.4, 0.5) is 5.69 Å². The summed E-state index contributed by atoms with van der Waals surface area (Å²) in [4.78, 5) is 76.8. The van der Waals surface area contributed by atoms with E-state index in [-0.39, 0.29) is 40.1 Å². The quantitative estimate of drug-likeness (QED) is 0.311. The summed E-state index contributed by atoms with van der Waals surface area (Å²) in [6, 6.07) is 1.27. The number of nitrogens with zero attached hydrogens (tertiary/aromatic N) is 1. The zero-order valence-corrected chi connectivity index (χ0v) is 24.1. The van der Waals surface area contributed by atoms with Crippen LogP contribution in [0.3, 0.4) is 0 Å². The van der Waals surface area contributed by atoms with Crippen molar-refractivity contribution in [1.29, 1.82) is 0 Å². The molecule has 2 fully saturated rings. The third-order valence-corrected chi connectivity index (χ3v) is 7.82. The number of carbonyl (C=O) groups excluding carboxylic acids is 5. The number of amides is 4. The minimum absolute atomic E-state index is 0.0323. The van der Waals surface area contributed by atoms with Crippen LogP contribution < -0.4 is 16.0 Å². The number of anilines is 1. The van der Waals surface area contributed by atoms with Gasteiger partial charge in [-0.1, -0.05) is 52.3 Å². The van der Waals surface area contributed by atoms with E-state index in [2.05, 4.69) is 16.0 Å². The van der Waals surface area contributed by atoms with Gasteiger partial charge in [-0.3, -0.25) is 24.0 Å². The number of carbonyl (C=O) groups is 6. The summed E-state index contributed by atoms with van der Waals surface area (Å²) >= 11 is 6.48. The number of likely N-dealkylation sites (tertiary alicyclic amines) is 1. The predicted octanol–water partition coefficient (Wildman–Crippen LogP) is 2.62. The molecule has 1 aromatic carbocycles. The SMILES string of the molecule is CC(C)C(=O)Nc1cccc(C(=O)NC(C(=O)N2C3CC[C@@H](C3)[C@H]2C(=O)NC(C=O)CC(=O)O)C(C)(C)C)c1Cl. The second-order valence-electron chi connectivity index (χ2n) is 11.8. The summed E-state index contributed by atoms with van der Waals surface area (Å²) < 4.78 is 0. The highest BCUT2D eigenvalue weighted by atomic mass is 35.5. The number of nitrogens with one attached hydrogen (secondary N) is 3. The Morgan fingerprint density at radius 3 is 2.38 bits per heavy atom. The third-order valence-electron chi connectivity index (χ3n) is 7.41. The van der Waals surface area contributed by atoms with Crippen LogP contribution >= 0.6 is 11.6 Å². The lowest BCUT2D eigenvalue weighted by Gasteiger charge is -2.40. The van der Waals surface area contributed by atoms with E-state index in [4.69, 9.17) is 16.7 Å². The molecule has 1 saturated heterocycles. The van der Waals surface area contributed by atoms with Gasteiger partial charge in [0.1, 0.15) is 18.4 Å². The van der Waals surface area contributed by atoms with Gasteiger partial charge in [0, 0.05) is 12.0 Å². The molecule has 0 spiro atoms. The zero-order valence-electron chi connectivity index (χ0n) is 23.3. The lowest BCUT2D eigenvalue weighted by molar-refractivity contribution is -0.147. The van der Waals surface area contributed by atoms with E-state index in [1.165, 1.54) is 11.0 Å². The van der Waals surface area contributed by atoms with Gasteiger partial charge < -0.3 is 30.8 Å². The number of benzene rings is 1. The number of hydrogen-bond donors (Lipinski definition) is 4. The topological polar surface area (TPSA) is 162 Å². The minimum Gasteiger partial charge on any atom is -0.481 e. The fourth-order valence-corrected chi connectivity index (χ4v) is 5.58. The average molecular weight is 577 g/mol. The molecule has 1 saturated carbocycles. The van der Waals surface area contributed by atoms with E-state index in [1.54, 1.807) is 46.8 Å². The van der Waals surface area contributed by atoms with Crippen LogP contribution in [0.1, 0.15) is 70.7 Å². The number of piperidine rings is 1. The van der Waals surface area contributed by atoms with Gasteiger partial charge in [-0.25, -0.2) is 0 Å². The molecular formula is C28H37ClN4O7. The Morgan fingerprint density at radius 1 is 1.12 bits per heavy atom. The van der Waals surface area contributed by atoms with Gasteiger partial charge in [-0.15, -0.1) is 0 Å². The van der Waals surface area contributed by atoms with Crippen molar-refractivity contribution in [2.75, 3.05) is 5.32 Å². The zero-order chi connectivity index (χ0) is 29.9. The number of hydrogen-bond acceptors (Lipinski definition) is 6. The van der Waals surface area contributed by atoms with Crippen LogP contribution in [-0.4, -0.2) is 70.1 Å². The normalized spacial score (nSPS) is 21.5.